The molecule has 1 aromatic rings. The van der Waals surface area contributed by atoms with Crippen molar-refractivity contribution in [1.82, 2.24) is 10.2 Å². The molecule has 3 atom stereocenters. The molecule has 3 rings (SSSR count). The molecule has 2 heterocycles. The van der Waals surface area contributed by atoms with E-state index in [1.807, 2.05) is 31.2 Å². The van der Waals surface area contributed by atoms with Crippen LogP contribution in [0, 0.1) is 0 Å². The summed E-state index contributed by atoms with van der Waals surface area (Å²) in [6.45, 7) is 2.61. The topological polar surface area (TPSA) is 67.9 Å². The molecule has 0 radical (unpaired) electrons. The van der Waals surface area contributed by atoms with Crippen molar-refractivity contribution < 1.29 is 19.1 Å². The smallest absolute Gasteiger partial charge is 0.325 e. The molecule has 6 heteroatoms. The van der Waals surface area contributed by atoms with Crippen molar-refractivity contribution in [1.29, 1.82) is 0 Å². The number of nitrogens with one attached hydrogen (secondary N) is 1. The number of urea groups is 1. The predicted octanol–water partition coefficient (Wildman–Crippen LogP) is 1.73. The van der Waals surface area contributed by atoms with Crippen molar-refractivity contribution in [2.45, 2.75) is 44.4 Å². The number of rotatable bonds is 5. The Labute approximate surface area is 135 Å². The van der Waals surface area contributed by atoms with Gasteiger partial charge in [0.25, 0.3) is 5.91 Å². The molecule has 0 aromatic heterocycles. The first-order valence-corrected chi connectivity index (χ1v) is 8.02. The number of ether oxygens (including phenoxy) is 2. The first-order chi connectivity index (χ1) is 11.1. The molecule has 0 aliphatic carbocycles. The molecule has 1 N–H and O–H groups in total. The van der Waals surface area contributed by atoms with Crippen LogP contribution >= 0.6 is 0 Å². The van der Waals surface area contributed by atoms with E-state index >= 15 is 0 Å². The number of amides is 3. The summed E-state index contributed by atoms with van der Waals surface area (Å²) in [6, 6.07) is 6.57. The van der Waals surface area contributed by atoms with Crippen LogP contribution in [0.15, 0.2) is 24.3 Å². The third-order valence-electron chi connectivity index (χ3n) is 4.53. The molecule has 23 heavy (non-hydrogen) atoms. The van der Waals surface area contributed by atoms with Crippen LogP contribution < -0.4 is 10.1 Å². The van der Waals surface area contributed by atoms with Gasteiger partial charge in [0.05, 0.1) is 19.3 Å². The second-order valence-electron chi connectivity index (χ2n) is 5.94. The van der Waals surface area contributed by atoms with E-state index in [4.69, 9.17) is 9.47 Å². The second kappa shape index (κ2) is 6.58. The lowest BCUT2D eigenvalue weighted by Gasteiger charge is -2.25. The lowest BCUT2D eigenvalue weighted by molar-refractivity contribution is -0.129. The van der Waals surface area contributed by atoms with Crippen LogP contribution in [0.4, 0.5) is 4.79 Å². The second-order valence-corrected chi connectivity index (χ2v) is 5.94. The van der Waals surface area contributed by atoms with E-state index in [1.54, 1.807) is 7.11 Å². The highest BCUT2D eigenvalue weighted by atomic mass is 16.5. The Hall–Kier alpha value is -2.08. The summed E-state index contributed by atoms with van der Waals surface area (Å²) >= 11 is 0. The highest BCUT2D eigenvalue weighted by Gasteiger charge is 2.46. The molecule has 2 aliphatic heterocycles. The van der Waals surface area contributed by atoms with Crippen molar-refractivity contribution in [3.63, 3.8) is 0 Å². The summed E-state index contributed by atoms with van der Waals surface area (Å²) in [5, 5.41) is 2.80. The number of hydrogen-bond donors (Lipinski definition) is 1. The quantitative estimate of drug-likeness (QED) is 0.840. The van der Waals surface area contributed by atoms with Crippen LogP contribution in [0.1, 0.15) is 25.3 Å². The number of benzene rings is 1. The van der Waals surface area contributed by atoms with Gasteiger partial charge in [-0.1, -0.05) is 19.1 Å². The zero-order chi connectivity index (χ0) is 16.4. The first kappa shape index (κ1) is 15.8. The molecule has 6 nitrogen and oxygen atoms in total. The molecule has 124 valence electrons. The Morgan fingerprint density at radius 3 is 2.96 bits per heavy atom. The molecular formula is C17H22N2O4. The maximum atomic E-state index is 12.7. The number of hydrogen-bond acceptors (Lipinski definition) is 4. The first-order valence-electron chi connectivity index (χ1n) is 8.02. The Morgan fingerprint density at radius 1 is 1.39 bits per heavy atom. The number of carbonyl (C=O) groups is 2. The average molecular weight is 318 g/mol. The maximum Gasteiger partial charge on any atom is 0.325 e. The molecule has 2 fully saturated rings. The normalized spacial score (nSPS) is 27.4. The fraction of sp³-hybridized carbons (Fsp3) is 0.529. The fourth-order valence-corrected chi connectivity index (χ4v) is 3.36. The molecule has 0 spiro atoms. The molecular weight excluding hydrogens is 296 g/mol. The van der Waals surface area contributed by atoms with E-state index in [-0.39, 0.29) is 24.1 Å². The lowest BCUT2D eigenvalue weighted by atomic mass is 10.0. The largest absolute Gasteiger partial charge is 0.497 e. The van der Waals surface area contributed by atoms with Gasteiger partial charge in [-0.3, -0.25) is 9.69 Å². The highest BCUT2D eigenvalue weighted by molar-refractivity contribution is 6.04. The molecule has 1 unspecified atom stereocenters. The van der Waals surface area contributed by atoms with Gasteiger partial charge in [0.2, 0.25) is 0 Å². The van der Waals surface area contributed by atoms with Crippen LogP contribution in [0.5, 0.6) is 5.75 Å². The van der Waals surface area contributed by atoms with Crippen molar-refractivity contribution in [2.75, 3.05) is 13.7 Å². The molecule has 0 bridgehead atoms. The van der Waals surface area contributed by atoms with Gasteiger partial charge in [0.1, 0.15) is 11.8 Å². The molecule has 2 saturated heterocycles. The summed E-state index contributed by atoms with van der Waals surface area (Å²) in [4.78, 5) is 26.3. The van der Waals surface area contributed by atoms with Crippen LogP contribution in [0.2, 0.25) is 0 Å². The fourth-order valence-electron chi connectivity index (χ4n) is 3.36. The minimum absolute atomic E-state index is 0.0553. The third-order valence-corrected chi connectivity index (χ3v) is 4.53. The van der Waals surface area contributed by atoms with Crippen LogP contribution in [0.3, 0.4) is 0 Å². The van der Waals surface area contributed by atoms with Gasteiger partial charge in [-0.2, -0.15) is 0 Å². The van der Waals surface area contributed by atoms with Crippen LogP contribution in [-0.4, -0.2) is 48.7 Å². The van der Waals surface area contributed by atoms with Crippen molar-refractivity contribution in [3.8, 4) is 5.75 Å². The monoisotopic (exact) mass is 318 g/mol. The Balaban J connectivity index is 1.73. The van der Waals surface area contributed by atoms with Crippen molar-refractivity contribution in [2.24, 2.45) is 0 Å². The van der Waals surface area contributed by atoms with Gasteiger partial charge < -0.3 is 14.8 Å². The third kappa shape index (κ3) is 3.03. The lowest BCUT2D eigenvalue weighted by Crippen LogP contribution is -2.45. The number of imide groups is 1. The van der Waals surface area contributed by atoms with E-state index in [2.05, 4.69) is 5.32 Å². The van der Waals surface area contributed by atoms with E-state index in [9.17, 15) is 9.59 Å². The van der Waals surface area contributed by atoms with Crippen LogP contribution in [-0.2, 0) is 16.0 Å². The molecule has 2 aliphatic rings. The summed E-state index contributed by atoms with van der Waals surface area (Å²) in [5.41, 5.74) is 0.958. The summed E-state index contributed by atoms with van der Waals surface area (Å²) < 4.78 is 10.8. The van der Waals surface area contributed by atoms with Crippen LogP contribution in [0.25, 0.3) is 0 Å². The predicted molar refractivity (Wildman–Crippen MR) is 84.3 cm³/mol. The standard InChI is InChI=1S/C17H22N2O4/c1-3-15-14(7-8-23-15)19-16(20)13(18-17(19)21)10-11-5-4-6-12(9-11)22-2/h4-6,9,13-15H,3,7-8,10H2,1-2H3,(H,18,21)/t13?,14-,15+/m1/s1. The van der Waals surface area contributed by atoms with Crippen molar-refractivity contribution >= 4 is 11.9 Å². The summed E-state index contributed by atoms with van der Waals surface area (Å²) in [6.07, 6.45) is 1.91. The molecule has 3 amide bonds. The van der Waals surface area contributed by atoms with Gasteiger partial charge in [-0.25, -0.2) is 4.79 Å². The zero-order valence-electron chi connectivity index (χ0n) is 13.5. The summed E-state index contributed by atoms with van der Waals surface area (Å²) in [7, 11) is 1.61. The van der Waals surface area contributed by atoms with E-state index in [0.717, 1.165) is 17.7 Å². The van der Waals surface area contributed by atoms with Gasteiger partial charge >= 0.3 is 6.03 Å². The van der Waals surface area contributed by atoms with Crippen molar-refractivity contribution in [3.05, 3.63) is 29.8 Å². The average Bonchev–Trinajstić information content (AvgIpc) is 3.12. The minimum atomic E-state index is -0.521. The van der Waals surface area contributed by atoms with Gasteiger partial charge in [-0.15, -0.1) is 0 Å². The Morgan fingerprint density at radius 2 is 2.22 bits per heavy atom. The van der Waals surface area contributed by atoms with Gasteiger partial charge in [0.15, 0.2) is 0 Å². The highest BCUT2D eigenvalue weighted by Crippen LogP contribution is 2.26. The SMILES string of the molecule is CC[C@@H]1OCC[C@H]1N1C(=O)NC(Cc2cccc(OC)c2)C1=O. The Bertz CT molecular complexity index is 604. The van der Waals surface area contributed by atoms with Gasteiger partial charge in [-0.05, 0) is 30.5 Å². The van der Waals surface area contributed by atoms with E-state index in [1.165, 1.54) is 4.90 Å². The minimum Gasteiger partial charge on any atom is -0.497 e. The number of carbonyl (C=O) groups excluding carboxylic acids is 2. The van der Waals surface area contributed by atoms with E-state index in [0.29, 0.717) is 19.4 Å². The van der Waals surface area contributed by atoms with Gasteiger partial charge in [0, 0.05) is 13.0 Å². The zero-order valence-corrected chi connectivity index (χ0v) is 13.5. The number of nitrogens with zero attached hydrogens (tertiary/aromatic N) is 1. The number of methoxy groups -OCH3 is 1. The summed E-state index contributed by atoms with van der Waals surface area (Å²) in [5.74, 6) is 0.582. The Kier molecular flexibility index (Phi) is 4.52. The maximum absolute atomic E-state index is 12.7. The molecule has 0 saturated carbocycles. The van der Waals surface area contributed by atoms with E-state index < -0.39 is 6.04 Å². The molecule has 1 aromatic carbocycles.